The second-order valence-electron chi connectivity index (χ2n) is 7.56. The molecule has 0 heterocycles. The Morgan fingerprint density at radius 2 is 1.93 bits per heavy atom. The van der Waals surface area contributed by atoms with E-state index in [1.807, 2.05) is 52.0 Å². The van der Waals surface area contributed by atoms with Crippen LogP contribution in [0, 0.1) is 6.92 Å². The molecule has 1 aliphatic carbocycles. The molecule has 0 unspecified atom stereocenters. The van der Waals surface area contributed by atoms with Crippen LogP contribution in [0.2, 0.25) is 0 Å². The average Bonchev–Trinajstić information content (AvgIpc) is 3.35. The Balaban J connectivity index is 1.99. The van der Waals surface area contributed by atoms with Gasteiger partial charge >= 0.3 is 0 Å². The molecular formula is C22H31N3O2. The zero-order chi connectivity index (χ0) is 20.0. The molecule has 27 heavy (non-hydrogen) atoms. The van der Waals surface area contributed by atoms with Gasteiger partial charge in [0, 0.05) is 16.7 Å². The fraction of sp³-hybridized carbons (Fsp3) is 0.455. The van der Waals surface area contributed by atoms with Crippen LogP contribution in [0.4, 0.5) is 0 Å². The fourth-order valence-electron chi connectivity index (χ4n) is 2.87. The van der Waals surface area contributed by atoms with Gasteiger partial charge in [0.15, 0.2) is 0 Å². The van der Waals surface area contributed by atoms with Crippen molar-refractivity contribution in [3.8, 4) is 5.75 Å². The third-order valence-electron chi connectivity index (χ3n) is 4.77. The average molecular weight is 370 g/mol. The molecule has 0 aromatic heterocycles. The smallest absolute Gasteiger partial charge is 0.251 e. The van der Waals surface area contributed by atoms with E-state index >= 15 is 0 Å². The summed E-state index contributed by atoms with van der Waals surface area (Å²) in [4.78, 5) is 16.9. The van der Waals surface area contributed by atoms with Gasteiger partial charge in [-0.3, -0.25) is 4.79 Å². The Labute approximate surface area is 162 Å². The number of hydrogen-bond acceptors (Lipinski definition) is 4. The van der Waals surface area contributed by atoms with E-state index in [0.29, 0.717) is 24.5 Å². The molecule has 0 radical (unpaired) electrons. The number of para-hydroxylation sites is 1. The van der Waals surface area contributed by atoms with Gasteiger partial charge in [0.1, 0.15) is 18.2 Å². The maximum atomic E-state index is 12.8. The molecule has 0 aliphatic heterocycles. The largest absolute Gasteiger partial charge is 0.491 e. The highest BCUT2D eigenvalue weighted by Crippen LogP contribution is 2.36. The second kappa shape index (κ2) is 8.89. The van der Waals surface area contributed by atoms with Crippen molar-refractivity contribution >= 4 is 12.6 Å². The lowest BCUT2D eigenvalue weighted by Crippen LogP contribution is -2.32. The van der Waals surface area contributed by atoms with Gasteiger partial charge in [-0.15, -0.1) is 0 Å². The molecule has 146 valence electrons. The lowest BCUT2D eigenvalue weighted by Gasteiger charge is -2.18. The number of carbonyl (C=O) groups is 1. The minimum atomic E-state index is -0.121. The van der Waals surface area contributed by atoms with Crippen LogP contribution in [0.3, 0.4) is 0 Å². The summed E-state index contributed by atoms with van der Waals surface area (Å²) in [5.41, 5.74) is 3.55. The van der Waals surface area contributed by atoms with Crippen molar-refractivity contribution in [1.29, 1.82) is 0 Å². The van der Waals surface area contributed by atoms with E-state index in [1.165, 1.54) is 0 Å². The Kier molecular flexibility index (Phi) is 6.83. The normalized spacial score (nSPS) is 15.3. The predicted molar refractivity (Wildman–Crippen MR) is 111 cm³/mol. The number of allylic oxidation sites excluding steroid dienone is 1. The number of nitrogens with zero attached hydrogens (tertiary/aromatic N) is 1. The number of nitrogens with one attached hydrogen (secondary N) is 2. The SMILES string of the molecule is C=N/C(NC1(C)CC1)=C(\C)C(C(=O)NCCOc1ccccc1C)=C(C)C. The molecule has 1 aromatic carbocycles. The van der Waals surface area contributed by atoms with E-state index in [-0.39, 0.29) is 11.4 Å². The first-order chi connectivity index (χ1) is 12.8. The highest BCUT2D eigenvalue weighted by atomic mass is 16.5. The fourth-order valence-corrected chi connectivity index (χ4v) is 2.87. The van der Waals surface area contributed by atoms with Crippen LogP contribution in [0.25, 0.3) is 0 Å². The van der Waals surface area contributed by atoms with Crippen molar-refractivity contribution in [1.82, 2.24) is 10.6 Å². The molecule has 2 rings (SSSR count). The molecule has 5 heteroatoms. The quantitative estimate of drug-likeness (QED) is 0.300. The van der Waals surface area contributed by atoms with Crippen LogP contribution in [-0.4, -0.2) is 31.3 Å². The molecule has 1 amide bonds. The summed E-state index contributed by atoms with van der Waals surface area (Å²) < 4.78 is 5.75. The zero-order valence-corrected chi connectivity index (χ0v) is 17.1. The van der Waals surface area contributed by atoms with Gasteiger partial charge < -0.3 is 15.4 Å². The van der Waals surface area contributed by atoms with E-state index in [1.54, 1.807) is 0 Å². The van der Waals surface area contributed by atoms with Crippen molar-refractivity contribution in [3.05, 3.63) is 52.4 Å². The Morgan fingerprint density at radius 3 is 2.48 bits per heavy atom. The van der Waals surface area contributed by atoms with Gasteiger partial charge in [-0.25, -0.2) is 4.99 Å². The van der Waals surface area contributed by atoms with Gasteiger partial charge in [0.05, 0.1) is 6.54 Å². The first kappa shape index (κ1) is 20.7. The maximum absolute atomic E-state index is 12.8. The van der Waals surface area contributed by atoms with Crippen molar-refractivity contribution in [2.45, 2.75) is 53.0 Å². The minimum Gasteiger partial charge on any atom is -0.491 e. The number of benzene rings is 1. The maximum Gasteiger partial charge on any atom is 0.251 e. The summed E-state index contributed by atoms with van der Waals surface area (Å²) >= 11 is 0. The third kappa shape index (κ3) is 5.71. The first-order valence-electron chi connectivity index (χ1n) is 9.37. The summed E-state index contributed by atoms with van der Waals surface area (Å²) in [5.74, 6) is 1.40. The van der Waals surface area contributed by atoms with Crippen LogP contribution in [-0.2, 0) is 4.79 Å². The number of rotatable bonds is 9. The van der Waals surface area contributed by atoms with Crippen LogP contribution in [0.15, 0.2) is 51.8 Å². The molecule has 2 N–H and O–H groups in total. The van der Waals surface area contributed by atoms with Gasteiger partial charge in [-0.05, 0) is 65.8 Å². The van der Waals surface area contributed by atoms with E-state index < -0.39 is 0 Å². The summed E-state index contributed by atoms with van der Waals surface area (Å²) in [6.07, 6.45) is 2.21. The molecule has 1 fully saturated rings. The predicted octanol–water partition coefficient (Wildman–Crippen LogP) is 3.90. The Morgan fingerprint density at radius 1 is 1.26 bits per heavy atom. The number of amides is 1. The van der Waals surface area contributed by atoms with E-state index in [0.717, 1.165) is 35.3 Å². The van der Waals surface area contributed by atoms with Crippen LogP contribution < -0.4 is 15.4 Å². The van der Waals surface area contributed by atoms with E-state index in [4.69, 9.17) is 4.74 Å². The molecule has 1 saturated carbocycles. The molecule has 1 aliphatic rings. The van der Waals surface area contributed by atoms with Gasteiger partial charge in [0.2, 0.25) is 0 Å². The van der Waals surface area contributed by atoms with Gasteiger partial charge in [0.25, 0.3) is 5.91 Å². The summed E-state index contributed by atoms with van der Waals surface area (Å²) in [5, 5.41) is 6.36. The highest BCUT2D eigenvalue weighted by molar-refractivity contribution is 5.98. The van der Waals surface area contributed by atoms with E-state index in [9.17, 15) is 4.79 Å². The number of aliphatic imine (C=N–C) groups is 1. The second-order valence-corrected chi connectivity index (χ2v) is 7.56. The number of hydrogen-bond donors (Lipinski definition) is 2. The minimum absolute atomic E-state index is 0.0718. The van der Waals surface area contributed by atoms with Gasteiger partial charge in [-0.1, -0.05) is 23.8 Å². The summed E-state index contributed by atoms with van der Waals surface area (Å²) in [6, 6.07) is 7.84. The molecule has 5 nitrogen and oxygen atoms in total. The topological polar surface area (TPSA) is 62.7 Å². The number of aryl methyl sites for hydroxylation is 1. The van der Waals surface area contributed by atoms with E-state index in [2.05, 4.69) is 29.3 Å². The first-order valence-corrected chi connectivity index (χ1v) is 9.37. The summed E-state index contributed by atoms with van der Waals surface area (Å²) in [6.45, 7) is 14.4. The monoisotopic (exact) mass is 369 g/mol. The molecular weight excluding hydrogens is 338 g/mol. The third-order valence-corrected chi connectivity index (χ3v) is 4.77. The number of carbonyl (C=O) groups excluding carboxylic acids is 1. The van der Waals surface area contributed by atoms with Crippen molar-refractivity contribution in [3.63, 3.8) is 0 Å². The van der Waals surface area contributed by atoms with Crippen LogP contribution >= 0.6 is 0 Å². The summed E-state index contributed by atoms with van der Waals surface area (Å²) in [7, 11) is 0. The van der Waals surface area contributed by atoms with Crippen molar-refractivity contribution < 1.29 is 9.53 Å². The molecule has 1 aromatic rings. The highest BCUT2D eigenvalue weighted by Gasteiger charge is 2.38. The van der Waals surface area contributed by atoms with Crippen LogP contribution in [0.5, 0.6) is 5.75 Å². The van der Waals surface area contributed by atoms with Gasteiger partial charge in [-0.2, -0.15) is 0 Å². The van der Waals surface area contributed by atoms with Crippen LogP contribution in [0.1, 0.15) is 46.1 Å². The Hall–Kier alpha value is -2.56. The Bertz CT molecular complexity index is 770. The molecule has 0 bridgehead atoms. The standard InChI is InChI=1S/C22H31N3O2/c1-15(2)19(17(4)20(23-6)25-22(5)11-12-22)21(26)24-13-14-27-18-10-8-7-9-16(18)3/h7-10,25H,6,11-14H2,1-5H3,(H,24,26)/b20-17-. The lowest BCUT2D eigenvalue weighted by molar-refractivity contribution is -0.117. The lowest BCUT2D eigenvalue weighted by atomic mass is 10.0. The van der Waals surface area contributed by atoms with Crippen molar-refractivity contribution in [2.75, 3.05) is 13.2 Å². The molecule has 0 atom stereocenters. The molecule has 0 saturated heterocycles. The zero-order valence-electron chi connectivity index (χ0n) is 17.1. The number of ether oxygens (including phenoxy) is 1. The van der Waals surface area contributed by atoms with Crippen molar-refractivity contribution in [2.24, 2.45) is 4.99 Å². The molecule has 0 spiro atoms.